The molecule has 0 spiro atoms. The maximum atomic E-state index is 11.3. The van der Waals surface area contributed by atoms with Crippen molar-refractivity contribution in [3.8, 4) is 0 Å². The Morgan fingerprint density at radius 1 is 0.812 bits per heavy atom. The van der Waals surface area contributed by atoms with Crippen LogP contribution in [0.4, 0.5) is 4.79 Å². The van der Waals surface area contributed by atoms with Crippen molar-refractivity contribution in [2.75, 3.05) is 0 Å². The topological polar surface area (TPSA) is 43.4 Å². The minimum atomic E-state index is -0.932. The lowest BCUT2D eigenvalue weighted by Crippen LogP contribution is -2.53. The van der Waals surface area contributed by atoms with Gasteiger partial charge in [-0.05, 0) is 25.7 Å². The first-order valence-electron chi connectivity index (χ1n) is 6.78. The van der Waals surface area contributed by atoms with Crippen LogP contribution in [0.3, 0.4) is 0 Å². The van der Waals surface area contributed by atoms with E-state index in [1.807, 2.05) is 0 Å². The fourth-order valence-electron chi connectivity index (χ4n) is 3.31. The smallest absolute Gasteiger partial charge is 0.137 e. The number of carbonyl (C=O) groups excluding carboxylic acids is 1. The standard InChI is InChI=1S/C13H23NO2/c15-13(16)14(11-7-3-1-4-8-11)12-9-5-2-6-10-12/h11-12H,1-10H2,(H,15,16)/p-1. The molecule has 3 heteroatoms. The highest BCUT2D eigenvalue weighted by molar-refractivity contribution is 5.63. The summed E-state index contributed by atoms with van der Waals surface area (Å²) < 4.78 is 0. The molecule has 2 saturated carbocycles. The van der Waals surface area contributed by atoms with Crippen LogP contribution in [0, 0.1) is 0 Å². The van der Waals surface area contributed by atoms with Gasteiger partial charge in [-0.25, -0.2) is 0 Å². The molecular formula is C13H22NO2-. The van der Waals surface area contributed by atoms with Gasteiger partial charge in [0.25, 0.3) is 0 Å². The van der Waals surface area contributed by atoms with Crippen LogP contribution in [-0.2, 0) is 0 Å². The minimum Gasteiger partial charge on any atom is -0.530 e. The normalized spacial score (nSPS) is 24.2. The number of hydrogen-bond donors (Lipinski definition) is 0. The van der Waals surface area contributed by atoms with Gasteiger partial charge in [0.15, 0.2) is 0 Å². The first-order valence-corrected chi connectivity index (χ1v) is 6.78. The SMILES string of the molecule is O=C([O-])N(C1CCCCC1)C1CCCCC1. The van der Waals surface area contributed by atoms with Crippen LogP contribution in [0.5, 0.6) is 0 Å². The van der Waals surface area contributed by atoms with Crippen LogP contribution >= 0.6 is 0 Å². The Balaban J connectivity index is 1.99. The second-order valence-electron chi connectivity index (χ2n) is 5.26. The van der Waals surface area contributed by atoms with E-state index in [-0.39, 0.29) is 12.1 Å². The summed E-state index contributed by atoms with van der Waals surface area (Å²) >= 11 is 0. The Morgan fingerprint density at radius 2 is 1.19 bits per heavy atom. The van der Waals surface area contributed by atoms with Crippen LogP contribution in [0.2, 0.25) is 0 Å². The first kappa shape index (κ1) is 11.7. The Bertz CT molecular complexity index is 212. The second-order valence-corrected chi connectivity index (χ2v) is 5.26. The number of nitrogens with zero attached hydrogens (tertiary/aromatic N) is 1. The van der Waals surface area contributed by atoms with Crippen LogP contribution in [0.15, 0.2) is 0 Å². The highest BCUT2D eigenvalue weighted by Crippen LogP contribution is 2.29. The van der Waals surface area contributed by atoms with Gasteiger partial charge in [-0.3, -0.25) is 0 Å². The van der Waals surface area contributed by atoms with Gasteiger partial charge >= 0.3 is 0 Å². The molecule has 3 nitrogen and oxygen atoms in total. The zero-order valence-electron chi connectivity index (χ0n) is 9.99. The number of hydrogen-bond acceptors (Lipinski definition) is 2. The van der Waals surface area contributed by atoms with Crippen LogP contribution in [0.25, 0.3) is 0 Å². The Hall–Kier alpha value is -0.730. The molecular weight excluding hydrogens is 202 g/mol. The van der Waals surface area contributed by atoms with E-state index in [4.69, 9.17) is 0 Å². The molecule has 0 aliphatic heterocycles. The third kappa shape index (κ3) is 2.69. The fourth-order valence-corrected chi connectivity index (χ4v) is 3.31. The van der Waals surface area contributed by atoms with Gasteiger partial charge in [0, 0.05) is 12.1 Å². The first-order chi connectivity index (χ1) is 7.79. The number of carboxylic acid groups (broad SMARTS) is 1. The molecule has 2 fully saturated rings. The lowest BCUT2D eigenvalue weighted by atomic mass is 9.89. The molecule has 0 N–H and O–H groups in total. The Kier molecular flexibility index (Phi) is 4.08. The summed E-state index contributed by atoms with van der Waals surface area (Å²) in [5.41, 5.74) is 0. The van der Waals surface area contributed by atoms with Crippen molar-refractivity contribution in [2.45, 2.75) is 76.3 Å². The maximum absolute atomic E-state index is 11.3. The van der Waals surface area contributed by atoms with Crippen molar-refractivity contribution in [1.82, 2.24) is 4.90 Å². The van der Waals surface area contributed by atoms with Crippen LogP contribution < -0.4 is 5.11 Å². The van der Waals surface area contributed by atoms with Crippen molar-refractivity contribution in [2.24, 2.45) is 0 Å². The average Bonchev–Trinajstić information content (AvgIpc) is 2.31. The molecule has 0 heterocycles. The van der Waals surface area contributed by atoms with Crippen molar-refractivity contribution in [1.29, 1.82) is 0 Å². The molecule has 0 bridgehead atoms. The van der Waals surface area contributed by atoms with Crippen LogP contribution in [-0.4, -0.2) is 23.1 Å². The van der Waals surface area contributed by atoms with Crippen LogP contribution in [0.1, 0.15) is 64.2 Å². The molecule has 2 aliphatic rings. The molecule has 0 saturated heterocycles. The molecule has 0 aromatic carbocycles. The fraction of sp³-hybridized carbons (Fsp3) is 0.923. The Morgan fingerprint density at radius 3 is 1.50 bits per heavy atom. The van der Waals surface area contributed by atoms with Gasteiger partial charge in [-0.2, -0.15) is 0 Å². The summed E-state index contributed by atoms with van der Waals surface area (Å²) in [6.07, 6.45) is 10.5. The summed E-state index contributed by atoms with van der Waals surface area (Å²) in [5.74, 6) is 0. The molecule has 1 amide bonds. The van der Waals surface area contributed by atoms with Gasteiger partial charge in [0.2, 0.25) is 0 Å². The van der Waals surface area contributed by atoms with E-state index in [0.29, 0.717) is 0 Å². The number of rotatable bonds is 2. The molecule has 0 atom stereocenters. The van der Waals surface area contributed by atoms with Gasteiger partial charge in [-0.1, -0.05) is 38.5 Å². The van der Waals surface area contributed by atoms with E-state index in [0.717, 1.165) is 25.7 Å². The van der Waals surface area contributed by atoms with Gasteiger partial charge < -0.3 is 14.8 Å². The quantitative estimate of drug-likeness (QED) is 0.722. The largest absolute Gasteiger partial charge is 0.530 e. The van der Waals surface area contributed by atoms with Gasteiger partial charge in [-0.15, -0.1) is 0 Å². The van der Waals surface area contributed by atoms with Gasteiger partial charge in [0.05, 0.1) is 0 Å². The summed E-state index contributed by atoms with van der Waals surface area (Å²) in [5, 5.41) is 11.3. The highest BCUT2D eigenvalue weighted by Gasteiger charge is 2.28. The van der Waals surface area contributed by atoms with Gasteiger partial charge in [0.1, 0.15) is 6.09 Å². The van der Waals surface area contributed by atoms with E-state index < -0.39 is 6.09 Å². The predicted octanol–water partition coefficient (Wildman–Crippen LogP) is 2.30. The zero-order chi connectivity index (χ0) is 11.4. The maximum Gasteiger partial charge on any atom is 0.137 e. The Labute approximate surface area is 97.8 Å². The van der Waals surface area contributed by atoms with E-state index in [1.54, 1.807) is 4.90 Å². The minimum absolute atomic E-state index is 0.252. The van der Waals surface area contributed by atoms with E-state index in [2.05, 4.69) is 0 Å². The molecule has 16 heavy (non-hydrogen) atoms. The van der Waals surface area contributed by atoms with Crippen molar-refractivity contribution >= 4 is 6.09 Å². The predicted molar refractivity (Wildman–Crippen MR) is 61.0 cm³/mol. The molecule has 0 aromatic rings. The van der Waals surface area contributed by atoms with Crippen molar-refractivity contribution < 1.29 is 9.90 Å². The van der Waals surface area contributed by atoms with Crippen molar-refractivity contribution in [3.63, 3.8) is 0 Å². The van der Waals surface area contributed by atoms with E-state index in [9.17, 15) is 9.90 Å². The zero-order valence-corrected chi connectivity index (χ0v) is 9.99. The monoisotopic (exact) mass is 224 g/mol. The average molecular weight is 224 g/mol. The highest BCUT2D eigenvalue weighted by atomic mass is 16.4. The van der Waals surface area contributed by atoms with E-state index in [1.165, 1.54) is 38.5 Å². The summed E-state index contributed by atoms with van der Waals surface area (Å²) in [7, 11) is 0. The van der Waals surface area contributed by atoms with Crippen molar-refractivity contribution in [3.05, 3.63) is 0 Å². The number of amides is 1. The molecule has 0 aromatic heterocycles. The second kappa shape index (κ2) is 5.55. The summed E-state index contributed by atoms with van der Waals surface area (Å²) in [6.45, 7) is 0. The molecule has 0 unspecified atom stereocenters. The molecule has 2 rings (SSSR count). The summed E-state index contributed by atoms with van der Waals surface area (Å²) in [6, 6.07) is 0.503. The lowest BCUT2D eigenvalue weighted by Gasteiger charge is -2.43. The lowest BCUT2D eigenvalue weighted by molar-refractivity contribution is -0.272. The third-order valence-corrected chi connectivity index (χ3v) is 4.15. The molecule has 92 valence electrons. The molecule has 2 aliphatic carbocycles. The van der Waals surface area contributed by atoms with E-state index >= 15 is 0 Å². The molecule has 0 radical (unpaired) electrons. The number of carbonyl (C=O) groups is 1. The third-order valence-electron chi connectivity index (χ3n) is 4.15. The summed E-state index contributed by atoms with van der Waals surface area (Å²) in [4.78, 5) is 13.0.